The summed E-state index contributed by atoms with van der Waals surface area (Å²) in [6, 6.07) is 12.1. The molecule has 0 spiro atoms. The first-order chi connectivity index (χ1) is 14.4. The fourth-order valence-corrected chi connectivity index (χ4v) is 3.35. The first kappa shape index (κ1) is 21.7. The second-order valence-corrected chi connectivity index (χ2v) is 6.90. The highest BCUT2D eigenvalue weighted by Crippen LogP contribution is 2.31. The van der Waals surface area contributed by atoms with Gasteiger partial charge in [-0.25, -0.2) is 13.8 Å². The molecule has 0 unspecified atom stereocenters. The molecule has 2 aromatic carbocycles. The number of carbonyl (C=O) groups is 1. The predicted octanol–water partition coefficient (Wildman–Crippen LogP) is 5.04. The van der Waals surface area contributed by atoms with E-state index < -0.39 is 24.7 Å². The Morgan fingerprint density at radius 1 is 1.03 bits per heavy atom. The van der Waals surface area contributed by atoms with Gasteiger partial charge in [-0.1, -0.05) is 23.9 Å². The molecule has 30 heavy (non-hydrogen) atoms. The number of thioether (sulfide) groups is 1. The lowest BCUT2D eigenvalue weighted by atomic mass is 10.2. The van der Waals surface area contributed by atoms with E-state index in [-0.39, 0.29) is 16.6 Å². The topological polar surface area (TPSA) is 51.1 Å². The van der Waals surface area contributed by atoms with E-state index in [2.05, 4.69) is 9.73 Å². The molecule has 0 radical (unpaired) electrons. The molecule has 0 atom stereocenters. The van der Waals surface area contributed by atoms with E-state index in [1.807, 2.05) is 0 Å². The van der Waals surface area contributed by atoms with Crippen molar-refractivity contribution in [1.82, 2.24) is 0 Å². The number of ether oxygens (including phenoxy) is 2. The molecule has 158 valence electrons. The van der Waals surface area contributed by atoms with Crippen molar-refractivity contribution in [3.63, 3.8) is 0 Å². The van der Waals surface area contributed by atoms with Crippen molar-refractivity contribution in [3.8, 4) is 11.5 Å². The highest BCUT2D eigenvalue weighted by molar-refractivity contribution is 8.14. The number of alkyl halides is 4. The van der Waals surface area contributed by atoms with Gasteiger partial charge in [-0.05, 0) is 48.0 Å². The van der Waals surface area contributed by atoms with Crippen molar-refractivity contribution in [3.05, 3.63) is 59.8 Å². The van der Waals surface area contributed by atoms with Gasteiger partial charge < -0.3 is 9.47 Å². The second-order valence-electron chi connectivity index (χ2n) is 5.91. The van der Waals surface area contributed by atoms with Crippen LogP contribution in [0, 0.1) is 0 Å². The maximum atomic E-state index is 12.9. The Morgan fingerprint density at radius 2 is 1.67 bits per heavy atom. The minimum absolute atomic E-state index is 0.0600. The molecule has 3 rings (SSSR count). The number of amidine groups is 1. The van der Waals surface area contributed by atoms with Gasteiger partial charge in [0, 0.05) is 0 Å². The predicted molar refractivity (Wildman–Crippen MR) is 107 cm³/mol. The molecule has 2 aromatic rings. The summed E-state index contributed by atoms with van der Waals surface area (Å²) in [5, 5.41) is 0.0718. The molecule has 5 nitrogen and oxygen atoms in total. The lowest BCUT2D eigenvalue weighted by Crippen LogP contribution is -2.30. The summed E-state index contributed by atoms with van der Waals surface area (Å²) in [5.41, 5.74) is 1.02. The SMILES string of the molecule is COc1ccc(C=C2N=C(SCC(F)F)N(c3ccc(OC(F)F)cc3)C2=O)cc1. The number of nitrogens with zero attached hydrogens (tertiary/aromatic N) is 2. The van der Waals surface area contributed by atoms with E-state index in [1.165, 1.54) is 37.5 Å². The molecule has 1 heterocycles. The number of methoxy groups -OCH3 is 1. The van der Waals surface area contributed by atoms with Gasteiger partial charge in [0.25, 0.3) is 5.91 Å². The van der Waals surface area contributed by atoms with E-state index in [0.717, 1.165) is 16.7 Å². The van der Waals surface area contributed by atoms with E-state index >= 15 is 0 Å². The second kappa shape index (κ2) is 9.66. The molecule has 0 saturated carbocycles. The Morgan fingerprint density at radius 3 is 2.23 bits per heavy atom. The van der Waals surface area contributed by atoms with Crippen LogP contribution in [0.15, 0.2) is 59.2 Å². The molecular weight excluding hydrogens is 424 g/mol. The zero-order valence-electron chi connectivity index (χ0n) is 15.6. The van der Waals surface area contributed by atoms with Crippen LogP contribution in [0.25, 0.3) is 6.08 Å². The van der Waals surface area contributed by atoms with Crippen molar-refractivity contribution in [2.45, 2.75) is 13.0 Å². The van der Waals surface area contributed by atoms with Crippen LogP contribution in [-0.4, -0.2) is 37.0 Å². The normalized spacial score (nSPS) is 15.3. The van der Waals surface area contributed by atoms with Gasteiger partial charge in [0.2, 0.25) is 6.43 Å². The molecule has 1 amide bonds. The van der Waals surface area contributed by atoms with Crippen LogP contribution < -0.4 is 14.4 Å². The van der Waals surface area contributed by atoms with Gasteiger partial charge in [0.05, 0.1) is 18.6 Å². The van der Waals surface area contributed by atoms with Crippen LogP contribution in [0.1, 0.15) is 5.56 Å². The lowest BCUT2D eigenvalue weighted by molar-refractivity contribution is -0.113. The van der Waals surface area contributed by atoms with Crippen LogP contribution >= 0.6 is 11.8 Å². The standard InChI is InChI=1S/C20H16F4N2O3S/c1-28-14-6-2-12(3-7-14)10-16-18(27)26(20(25-16)30-11-17(21)22)13-4-8-15(9-5-13)29-19(23)24/h2-10,17,19H,11H2,1H3. The van der Waals surface area contributed by atoms with E-state index in [4.69, 9.17) is 4.74 Å². The molecular formula is C20H16F4N2O3S. The highest BCUT2D eigenvalue weighted by Gasteiger charge is 2.32. The summed E-state index contributed by atoms with van der Waals surface area (Å²) in [6.07, 6.45) is -1.06. The molecule has 1 aliphatic rings. The Bertz CT molecular complexity index is 948. The van der Waals surface area contributed by atoms with E-state index in [1.54, 1.807) is 24.3 Å². The minimum Gasteiger partial charge on any atom is -0.497 e. The average Bonchev–Trinajstić information content (AvgIpc) is 3.02. The Balaban J connectivity index is 1.89. The largest absolute Gasteiger partial charge is 0.497 e. The number of anilines is 1. The van der Waals surface area contributed by atoms with E-state index in [9.17, 15) is 22.4 Å². The van der Waals surface area contributed by atoms with Crippen molar-refractivity contribution < 1.29 is 31.8 Å². The number of halogens is 4. The number of hydrogen-bond acceptors (Lipinski definition) is 5. The van der Waals surface area contributed by atoms with Gasteiger partial charge in [-0.3, -0.25) is 9.69 Å². The van der Waals surface area contributed by atoms with Gasteiger partial charge in [0.1, 0.15) is 17.2 Å². The van der Waals surface area contributed by atoms with Gasteiger partial charge in [-0.2, -0.15) is 8.78 Å². The fraction of sp³-hybridized carbons (Fsp3) is 0.200. The Hall–Kier alpha value is -3.01. The summed E-state index contributed by atoms with van der Waals surface area (Å²) in [7, 11) is 1.53. The van der Waals surface area contributed by atoms with Gasteiger partial charge in [0.15, 0.2) is 5.17 Å². The lowest BCUT2D eigenvalue weighted by Gasteiger charge is -2.18. The quantitative estimate of drug-likeness (QED) is 0.447. The van der Waals surface area contributed by atoms with Crippen LogP contribution in [-0.2, 0) is 4.79 Å². The number of amides is 1. The fourth-order valence-electron chi connectivity index (χ4n) is 2.59. The minimum atomic E-state index is -2.98. The molecule has 0 saturated heterocycles. The molecule has 0 aromatic heterocycles. The van der Waals surface area contributed by atoms with Crippen molar-refractivity contribution in [1.29, 1.82) is 0 Å². The summed E-state index contributed by atoms with van der Waals surface area (Å²) in [5.74, 6) is -0.525. The van der Waals surface area contributed by atoms with Crippen LogP contribution in [0.2, 0.25) is 0 Å². The highest BCUT2D eigenvalue weighted by atomic mass is 32.2. The number of rotatable bonds is 7. The number of benzene rings is 2. The Labute approximate surface area is 174 Å². The van der Waals surface area contributed by atoms with Crippen molar-refractivity contribution >= 4 is 34.6 Å². The first-order valence-corrected chi connectivity index (χ1v) is 9.60. The third-order valence-electron chi connectivity index (χ3n) is 3.91. The smallest absolute Gasteiger partial charge is 0.387 e. The van der Waals surface area contributed by atoms with Crippen LogP contribution in [0.4, 0.5) is 23.2 Å². The monoisotopic (exact) mass is 440 g/mol. The zero-order chi connectivity index (χ0) is 21.7. The molecule has 0 aliphatic carbocycles. The zero-order valence-corrected chi connectivity index (χ0v) is 16.4. The van der Waals surface area contributed by atoms with Crippen molar-refractivity contribution in [2.75, 3.05) is 17.8 Å². The maximum absolute atomic E-state index is 12.9. The van der Waals surface area contributed by atoms with Crippen LogP contribution in [0.3, 0.4) is 0 Å². The van der Waals surface area contributed by atoms with Gasteiger partial charge in [-0.15, -0.1) is 0 Å². The summed E-state index contributed by atoms with van der Waals surface area (Å²) in [6.45, 7) is -2.98. The number of hydrogen-bond donors (Lipinski definition) is 0. The number of aliphatic imine (C=N–C) groups is 1. The average molecular weight is 440 g/mol. The molecule has 0 fully saturated rings. The Kier molecular flexibility index (Phi) is 6.99. The van der Waals surface area contributed by atoms with Crippen molar-refractivity contribution in [2.24, 2.45) is 4.99 Å². The molecule has 0 N–H and O–H groups in total. The molecule has 0 bridgehead atoms. The third kappa shape index (κ3) is 5.32. The van der Waals surface area contributed by atoms with E-state index in [0.29, 0.717) is 17.0 Å². The number of carbonyl (C=O) groups excluding carboxylic acids is 1. The maximum Gasteiger partial charge on any atom is 0.387 e. The van der Waals surface area contributed by atoms with Gasteiger partial charge >= 0.3 is 6.61 Å². The molecule has 10 heteroatoms. The first-order valence-electron chi connectivity index (χ1n) is 8.62. The summed E-state index contributed by atoms with van der Waals surface area (Å²) < 4.78 is 59.5. The summed E-state index contributed by atoms with van der Waals surface area (Å²) in [4.78, 5) is 18.3. The molecule has 1 aliphatic heterocycles. The van der Waals surface area contributed by atoms with Crippen LogP contribution in [0.5, 0.6) is 11.5 Å². The third-order valence-corrected chi connectivity index (χ3v) is 4.86. The summed E-state index contributed by atoms with van der Waals surface area (Å²) >= 11 is 0.727.